The molecule has 0 bridgehead atoms. The van der Waals surface area contributed by atoms with Crippen LogP contribution in [0.3, 0.4) is 0 Å². The Bertz CT molecular complexity index is 1220. The van der Waals surface area contributed by atoms with Crippen molar-refractivity contribution in [2.75, 3.05) is 0 Å². The molecule has 3 heterocycles. The minimum atomic E-state index is -0.725. The number of hydrazine groups is 1. The molecule has 0 unspecified atom stereocenters. The molecule has 8 nitrogen and oxygen atoms in total. The topological polar surface area (TPSA) is 97.5 Å². The van der Waals surface area contributed by atoms with E-state index in [-0.39, 0.29) is 5.56 Å². The maximum absolute atomic E-state index is 12.4. The van der Waals surface area contributed by atoms with Gasteiger partial charge in [0.1, 0.15) is 5.56 Å². The molecule has 0 saturated carbocycles. The monoisotopic (exact) mass is 367 g/mol. The van der Waals surface area contributed by atoms with Crippen molar-refractivity contribution in [1.82, 2.24) is 24.8 Å². The van der Waals surface area contributed by atoms with Gasteiger partial charge in [-0.25, -0.2) is 4.98 Å². The first-order valence-corrected chi connectivity index (χ1v) is 8.54. The van der Waals surface area contributed by atoms with E-state index >= 15 is 0 Å². The molecule has 9 heteroatoms. The van der Waals surface area contributed by atoms with Gasteiger partial charge in [0.05, 0.1) is 5.56 Å². The molecule has 0 aliphatic heterocycles. The molecule has 0 saturated heterocycles. The maximum Gasteiger partial charge on any atom is 0.276 e. The van der Waals surface area contributed by atoms with Crippen LogP contribution >= 0.6 is 11.3 Å². The molecule has 0 radical (unpaired) electrons. The number of aryl methyl sites for hydroxylation is 1. The van der Waals surface area contributed by atoms with E-state index in [0.29, 0.717) is 10.5 Å². The Morgan fingerprint density at radius 1 is 1.12 bits per heavy atom. The van der Waals surface area contributed by atoms with Gasteiger partial charge in [-0.15, -0.1) is 11.3 Å². The highest BCUT2D eigenvalue weighted by Gasteiger charge is 2.17. The van der Waals surface area contributed by atoms with Gasteiger partial charge in [0.15, 0.2) is 4.96 Å². The summed E-state index contributed by atoms with van der Waals surface area (Å²) in [5, 5.41) is 2.47. The lowest BCUT2D eigenvalue weighted by molar-refractivity contribution is 0.0846. The number of carbonyl (C=O) groups is 2. The summed E-state index contributed by atoms with van der Waals surface area (Å²) < 4.78 is 3.11. The second-order valence-corrected chi connectivity index (χ2v) is 6.48. The third kappa shape index (κ3) is 2.54. The van der Waals surface area contributed by atoms with E-state index in [9.17, 15) is 14.4 Å². The Balaban J connectivity index is 1.56. The number of rotatable bonds is 2. The van der Waals surface area contributed by atoms with Crippen molar-refractivity contribution in [3.05, 3.63) is 69.7 Å². The number of fused-ring (bicyclic) bond motifs is 2. The lowest BCUT2D eigenvalue weighted by Crippen LogP contribution is -2.43. The largest absolute Gasteiger partial charge is 0.350 e. The van der Waals surface area contributed by atoms with Gasteiger partial charge in [0.2, 0.25) is 0 Å². The van der Waals surface area contributed by atoms with Gasteiger partial charge in [-0.05, 0) is 6.07 Å². The average Bonchev–Trinajstić information content (AvgIpc) is 3.25. The summed E-state index contributed by atoms with van der Waals surface area (Å²) in [4.78, 5) is 41.5. The van der Waals surface area contributed by atoms with Crippen LogP contribution in [0.15, 0.2) is 53.0 Å². The fraction of sp³-hybridized carbons (Fsp3) is 0.0588. The molecule has 3 aromatic heterocycles. The van der Waals surface area contributed by atoms with Crippen molar-refractivity contribution < 1.29 is 9.59 Å². The number of nitrogens with one attached hydrogen (secondary N) is 2. The molecule has 4 aromatic rings. The third-order valence-corrected chi connectivity index (χ3v) is 4.79. The van der Waals surface area contributed by atoms with Crippen LogP contribution in [-0.2, 0) is 7.05 Å². The molecule has 130 valence electrons. The van der Waals surface area contributed by atoms with E-state index in [0.717, 1.165) is 10.9 Å². The molecule has 1 aromatic carbocycles. The minimum Gasteiger partial charge on any atom is -0.350 e. The number of hydrogen-bond donors (Lipinski definition) is 2. The Hall–Kier alpha value is -3.46. The van der Waals surface area contributed by atoms with E-state index in [1.165, 1.54) is 21.9 Å². The average molecular weight is 367 g/mol. The molecule has 0 spiro atoms. The van der Waals surface area contributed by atoms with Crippen molar-refractivity contribution in [3.8, 4) is 0 Å². The summed E-state index contributed by atoms with van der Waals surface area (Å²) in [7, 11) is 1.83. The molecule has 0 aliphatic carbocycles. The molecule has 0 aliphatic rings. The zero-order valence-corrected chi connectivity index (χ0v) is 14.4. The van der Waals surface area contributed by atoms with Gasteiger partial charge >= 0.3 is 0 Å². The molecule has 2 N–H and O–H groups in total. The van der Waals surface area contributed by atoms with Crippen LogP contribution in [0.25, 0.3) is 15.9 Å². The van der Waals surface area contributed by atoms with E-state index < -0.39 is 17.4 Å². The minimum absolute atomic E-state index is 0.154. The molecular weight excluding hydrogens is 354 g/mol. The fourth-order valence-corrected chi connectivity index (χ4v) is 3.43. The first-order valence-electron chi connectivity index (χ1n) is 7.66. The number of nitrogens with zero attached hydrogens (tertiary/aromatic N) is 3. The van der Waals surface area contributed by atoms with Gasteiger partial charge in [-0.2, -0.15) is 0 Å². The second-order valence-electron chi connectivity index (χ2n) is 5.61. The zero-order chi connectivity index (χ0) is 18.3. The molecule has 2 amide bonds. The maximum atomic E-state index is 12.4. The number of amides is 2. The molecule has 0 atom stereocenters. The number of carbonyl (C=O) groups excluding carboxylic acids is 2. The van der Waals surface area contributed by atoms with Crippen LogP contribution in [-0.4, -0.2) is 25.8 Å². The Labute approximate surface area is 150 Å². The second kappa shape index (κ2) is 6.12. The van der Waals surface area contributed by atoms with Gasteiger partial charge in [-0.1, -0.05) is 18.2 Å². The normalized spacial score (nSPS) is 11.0. The molecular formula is C17H13N5O3S. The lowest BCUT2D eigenvalue weighted by atomic mass is 10.2. The Morgan fingerprint density at radius 2 is 1.85 bits per heavy atom. The summed E-state index contributed by atoms with van der Waals surface area (Å²) in [5.74, 6) is -1.20. The van der Waals surface area contributed by atoms with E-state index in [1.54, 1.807) is 17.8 Å². The van der Waals surface area contributed by atoms with E-state index in [2.05, 4.69) is 15.8 Å². The van der Waals surface area contributed by atoms with Crippen LogP contribution < -0.4 is 16.4 Å². The summed E-state index contributed by atoms with van der Waals surface area (Å²) in [6.45, 7) is 0. The van der Waals surface area contributed by atoms with Crippen LogP contribution in [0.1, 0.15) is 20.7 Å². The highest BCUT2D eigenvalue weighted by Crippen LogP contribution is 2.19. The predicted molar refractivity (Wildman–Crippen MR) is 97.2 cm³/mol. The number of hydrogen-bond acceptors (Lipinski definition) is 5. The third-order valence-electron chi connectivity index (χ3n) is 4.02. The molecule has 26 heavy (non-hydrogen) atoms. The van der Waals surface area contributed by atoms with Crippen LogP contribution in [0.5, 0.6) is 0 Å². The first-order chi connectivity index (χ1) is 12.6. The SMILES string of the molecule is Cn1cc(C(=O)NNC(=O)c2cnc3sccn3c2=O)c2ccccc21. The van der Waals surface area contributed by atoms with Crippen molar-refractivity contribution in [1.29, 1.82) is 0 Å². The highest BCUT2D eigenvalue weighted by molar-refractivity contribution is 7.15. The van der Waals surface area contributed by atoms with Crippen molar-refractivity contribution >= 4 is 39.0 Å². The summed E-state index contributed by atoms with van der Waals surface area (Å²) in [6.07, 6.45) is 4.42. The van der Waals surface area contributed by atoms with E-state index in [1.807, 2.05) is 35.9 Å². The zero-order valence-electron chi connectivity index (χ0n) is 13.6. The van der Waals surface area contributed by atoms with Crippen LogP contribution in [0, 0.1) is 0 Å². The van der Waals surface area contributed by atoms with Crippen LogP contribution in [0.4, 0.5) is 0 Å². The van der Waals surface area contributed by atoms with Gasteiger partial charge < -0.3 is 4.57 Å². The van der Waals surface area contributed by atoms with Gasteiger partial charge in [-0.3, -0.25) is 29.6 Å². The van der Waals surface area contributed by atoms with Crippen molar-refractivity contribution in [2.45, 2.75) is 0 Å². The standard InChI is InChI=1S/C17H13N5O3S/c1-21-9-12(10-4-2-3-5-13(10)21)15(24)20-19-14(23)11-8-18-17-22(16(11)25)6-7-26-17/h2-9H,1H3,(H,19,23)(H,20,24). The highest BCUT2D eigenvalue weighted by atomic mass is 32.1. The number of thiazole rings is 1. The predicted octanol–water partition coefficient (Wildman–Crippen LogP) is 1.32. The molecule has 4 rings (SSSR count). The number of benzene rings is 1. The number of para-hydroxylation sites is 1. The van der Waals surface area contributed by atoms with Gasteiger partial charge in [0.25, 0.3) is 17.4 Å². The lowest BCUT2D eigenvalue weighted by Gasteiger charge is -2.06. The first kappa shape index (κ1) is 16.0. The van der Waals surface area contributed by atoms with Gasteiger partial charge in [0, 0.05) is 41.9 Å². The quantitative estimate of drug-likeness (QED) is 0.522. The Morgan fingerprint density at radius 3 is 2.65 bits per heavy atom. The van der Waals surface area contributed by atoms with E-state index in [4.69, 9.17) is 0 Å². The Kier molecular flexibility index (Phi) is 3.77. The smallest absolute Gasteiger partial charge is 0.276 e. The fourth-order valence-electron chi connectivity index (χ4n) is 2.75. The summed E-state index contributed by atoms with van der Waals surface area (Å²) in [6, 6.07) is 7.44. The number of aromatic nitrogens is 3. The van der Waals surface area contributed by atoms with Crippen molar-refractivity contribution in [3.63, 3.8) is 0 Å². The summed E-state index contributed by atoms with van der Waals surface area (Å²) in [5.41, 5.74) is 5.29. The van der Waals surface area contributed by atoms with Crippen molar-refractivity contribution in [2.24, 2.45) is 7.05 Å². The van der Waals surface area contributed by atoms with Crippen LogP contribution in [0.2, 0.25) is 0 Å². The molecule has 0 fully saturated rings. The summed E-state index contributed by atoms with van der Waals surface area (Å²) >= 11 is 1.29.